The van der Waals surface area contributed by atoms with Gasteiger partial charge in [0.25, 0.3) is 0 Å². The highest BCUT2D eigenvalue weighted by atomic mass is 16.6. The maximum atomic E-state index is 13.8. The van der Waals surface area contributed by atoms with Gasteiger partial charge >= 0.3 is 17.9 Å². The van der Waals surface area contributed by atoms with Crippen molar-refractivity contribution < 1.29 is 43.3 Å². The first-order valence-electron chi connectivity index (χ1n) is 14.4. The number of esters is 2. The first-order valence-corrected chi connectivity index (χ1v) is 14.4. The van der Waals surface area contributed by atoms with Crippen LogP contribution < -0.4 is 5.32 Å². The van der Waals surface area contributed by atoms with E-state index in [0.717, 1.165) is 32.1 Å². The number of hydrogen-bond donors (Lipinski definition) is 2. The molecule has 0 radical (unpaired) electrons. The molecule has 0 aromatic heterocycles. The van der Waals surface area contributed by atoms with Crippen LogP contribution in [0.15, 0.2) is 11.6 Å². The number of carbonyl (C=O) groups excluding carboxylic acids is 5. The minimum atomic E-state index is -1.40. The minimum Gasteiger partial charge on any atom is -0.480 e. The van der Waals surface area contributed by atoms with Crippen LogP contribution in [-0.4, -0.2) is 58.7 Å². The topological polar surface area (TPSA) is 153 Å². The second kappa shape index (κ2) is 11.1. The van der Waals surface area contributed by atoms with E-state index < -0.39 is 53.3 Å². The van der Waals surface area contributed by atoms with Crippen LogP contribution in [0.3, 0.4) is 0 Å². The first-order chi connectivity index (χ1) is 18.7. The molecular formula is C30H41NO9. The van der Waals surface area contributed by atoms with E-state index in [1.807, 2.05) is 13.0 Å². The van der Waals surface area contributed by atoms with Gasteiger partial charge in [-0.25, -0.2) is 0 Å². The van der Waals surface area contributed by atoms with Gasteiger partial charge in [0.05, 0.1) is 6.42 Å². The Balaban J connectivity index is 1.46. The quantitative estimate of drug-likeness (QED) is 0.405. The molecule has 0 aromatic carbocycles. The van der Waals surface area contributed by atoms with E-state index in [9.17, 15) is 28.8 Å². The Morgan fingerprint density at radius 3 is 2.40 bits per heavy atom. The zero-order valence-corrected chi connectivity index (χ0v) is 23.9. The van der Waals surface area contributed by atoms with Crippen molar-refractivity contribution in [1.82, 2.24) is 5.32 Å². The Bertz CT molecular complexity index is 1140. The van der Waals surface area contributed by atoms with Crippen LogP contribution in [0.25, 0.3) is 0 Å². The Morgan fingerprint density at radius 1 is 1.02 bits per heavy atom. The van der Waals surface area contributed by atoms with E-state index in [4.69, 9.17) is 14.6 Å². The predicted octanol–water partition coefficient (Wildman–Crippen LogP) is 3.30. The number of fused-ring (bicyclic) bond motifs is 5. The summed E-state index contributed by atoms with van der Waals surface area (Å²) in [6.45, 7) is 6.36. The molecule has 4 unspecified atom stereocenters. The molecule has 10 heteroatoms. The molecule has 0 aromatic rings. The summed E-state index contributed by atoms with van der Waals surface area (Å²) in [4.78, 5) is 73.3. The van der Waals surface area contributed by atoms with Crippen LogP contribution in [0.5, 0.6) is 0 Å². The number of carbonyl (C=O) groups is 6. The monoisotopic (exact) mass is 559 g/mol. The summed E-state index contributed by atoms with van der Waals surface area (Å²) in [5.74, 6) is -2.48. The van der Waals surface area contributed by atoms with Gasteiger partial charge in [0, 0.05) is 25.2 Å². The molecule has 0 bridgehead atoms. The fraction of sp³-hybridized carbons (Fsp3) is 0.733. The second-order valence-electron chi connectivity index (χ2n) is 12.6. The number of Topliss-reactive ketones (excluding diaryl/α,β-unsaturated/α-hetero) is 1. The van der Waals surface area contributed by atoms with Gasteiger partial charge < -0.3 is 19.9 Å². The Labute approximate surface area is 234 Å². The van der Waals surface area contributed by atoms with Crippen LogP contribution in [0.2, 0.25) is 0 Å². The smallest absolute Gasteiger partial charge is 0.325 e. The van der Waals surface area contributed by atoms with Crippen LogP contribution >= 0.6 is 0 Å². The summed E-state index contributed by atoms with van der Waals surface area (Å²) in [5, 5.41) is 11.2. The van der Waals surface area contributed by atoms with E-state index >= 15 is 0 Å². The van der Waals surface area contributed by atoms with Crippen molar-refractivity contribution in [3.8, 4) is 0 Å². The van der Waals surface area contributed by atoms with E-state index in [-0.39, 0.29) is 30.0 Å². The van der Waals surface area contributed by atoms with Crippen molar-refractivity contribution in [2.24, 2.45) is 28.6 Å². The average Bonchev–Trinajstić information content (AvgIpc) is 3.18. The lowest BCUT2D eigenvalue weighted by Crippen LogP contribution is -2.59. The molecule has 2 N–H and O–H groups in total. The molecule has 7 atom stereocenters. The maximum Gasteiger partial charge on any atom is 0.325 e. The highest BCUT2D eigenvalue weighted by Crippen LogP contribution is 2.68. The lowest BCUT2D eigenvalue weighted by molar-refractivity contribution is -0.191. The lowest BCUT2D eigenvalue weighted by atomic mass is 9.46. The van der Waals surface area contributed by atoms with E-state index in [2.05, 4.69) is 12.2 Å². The van der Waals surface area contributed by atoms with Gasteiger partial charge in [0.15, 0.2) is 18.0 Å². The van der Waals surface area contributed by atoms with E-state index in [1.165, 1.54) is 19.4 Å². The van der Waals surface area contributed by atoms with Crippen molar-refractivity contribution in [3.05, 3.63) is 11.6 Å². The van der Waals surface area contributed by atoms with Crippen molar-refractivity contribution >= 4 is 35.4 Å². The van der Waals surface area contributed by atoms with Gasteiger partial charge in [-0.2, -0.15) is 0 Å². The van der Waals surface area contributed by atoms with Crippen LogP contribution in [0.4, 0.5) is 0 Å². The molecule has 0 saturated heterocycles. The third-order valence-corrected chi connectivity index (χ3v) is 10.5. The van der Waals surface area contributed by atoms with Gasteiger partial charge in [-0.1, -0.05) is 19.4 Å². The SMILES string of the molecule is CC(=O)O[C@]1(C(=O)COC(=O)CCC(=O)NC(C)C(=O)O)CCC2C3CCC4=CC(=O)CC[C@]4(C)C3CC[C@@]21C. The average molecular weight is 560 g/mol. The third kappa shape index (κ3) is 5.21. The Hall–Kier alpha value is -3.04. The lowest BCUT2D eigenvalue weighted by Gasteiger charge is -2.59. The normalized spacial score (nSPS) is 35.2. The molecule has 0 heterocycles. The molecule has 4 aliphatic carbocycles. The molecule has 1 amide bonds. The van der Waals surface area contributed by atoms with Crippen molar-refractivity contribution in [2.75, 3.05) is 6.61 Å². The summed E-state index contributed by atoms with van der Waals surface area (Å²) in [6, 6.07) is -1.09. The summed E-state index contributed by atoms with van der Waals surface area (Å²) in [6.07, 6.45) is 7.11. The Kier molecular flexibility index (Phi) is 8.30. The van der Waals surface area contributed by atoms with E-state index in [0.29, 0.717) is 31.1 Å². The van der Waals surface area contributed by atoms with Crippen molar-refractivity contribution in [1.29, 1.82) is 0 Å². The number of nitrogens with one attached hydrogen (secondary N) is 1. The van der Waals surface area contributed by atoms with Crippen molar-refractivity contribution in [3.63, 3.8) is 0 Å². The van der Waals surface area contributed by atoms with Crippen molar-refractivity contribution in [2.45, 2.75) is 104 Å². The fourth-order valence-corrected chi connectivity index (χ4v) is 8.41. The molecule has 3 fully saturated rings. The number of rotatable bonds is 9. The number of allylic oxidation sites excluding steroid dienone is 1. The van der Waals surface area contributed by atoms with Crippen LogP contribution in [0, 0.1) is 28.6 Å². The highest BCUT2D eigenvalue weighted by molar-refractivity contribution is 5.94. The number of aliphatic carboxylic acids is 1. The number of carboxylic acid groups (broad SMARTS) is 1. The summed E-state index contributed by atoms with van der Waals surface area (Å²) in [7, 11) is 0. The molecule has 220 valence electrons. The van der Waals surface area contributed by atoms with Gasteiger partial charge in [0.2, 0.25) is 11.7 Å². The van der Waals surface area contributed by atoms with Gasteiger partial charge in [-0.15, -0.1) is 0 Å². The number of ether oxygens (including phenoxy) is 2. The molecule has 0 spiro atoms. The first kappa shape index (κ1) is 29.9. The molecule has 3 saturated carbocycles. The predicted molar refractivity (Wildman–Crippen MR) is 142 cm³/mol. The number of amides is 1. The number of carboxylic acids is 1. The summed E-state index contributed by atoms with van der Waals surface area (Å²) in [5.41, 5.74) is -0.785. The largest absolute Gasteiger partial charge is 0.480 e. The molecule has 4 rings (SSSR count). The summed E-state index contributed by atoms with van der Waals surface area (Å²) >= 11 is 0. The second-order valence-corrected chi connectivity index (χ2v) is 12.6. The molecule has 0 aliphatic heterocycles. The Morgan fingerprint density at radius 2 is 1.73 bits per heavy atom. The highest BCUT2D eigenvalue weighted by Gasteiger charge is 2.68. The fourth-order valence-electron chi connectivity index (χ4n) is 8.41. The minimum absolute atomic E-state index is 0.0288. The maximum absolute atomic E-state index is 13.8. The molecule has 10 nitrogen and oxygen atoms in total. The number of hydrogen-bond acceptors (Lipinski definition) is 8. The standard InChI is InChI=1S/C30H41NO9/c1-17(27(37)38)31-25(35)7-8-26(36)39-16-24(34)30(40-18(2)32)14-11-23-21-6-5-19-15-20(33)9-12-28(19,3)22(21)10-13-29(23,30)4/h15,17,21-23H,5-14,16H2,1-4H3,(H,31,35)(H,37,38)/t17?,21?,22?,23?,28-,29-,30-/m0/s1. The van der Waals surface area contributed by atoms with Crippen LogP contribution in [0.1, 0.15) is 91.9 Å². The van der Waals surface area contributed by atoms with Gasteiger partial charge in [0.1, 0.15) is 6.04 Å². The van der Waals surface area contributed by atoms with Gasteiger partial charge in [-0.05, 0) is 81.1 Å². The van der Waals surface area contributed by atoms with E-state index in [1.54, 1.807) is 0 Å². The van der Waals surface area contributed by atoms with Gasteiger partial charge in [-0.3, -0.25) is 28.8 Å². The third-order valence-electron chi connectivity index (χ3n) is 10.5. The molecule has 40 heavy (non-hydrogen) atoms. The zero-order chi connectivity index (χ0) is 29.5. The van der Waals surface area contributed by atoms with Crippen LogP contribution in [-0.2, 0) is 38.2 Å². The molecular weight excluding hydrogens is 518 g/mol. The summed E-state index contributed by atoms with van der Waals surface area (Å²) < 4.78 is 11.1. The zero-order valence-electron chi connectivity index (χ0n) is 23.9. The molecule has 4 aliphatic rings. The number of ketones is 2.